The van der Waals surface area contributed by atoms with E-state index in [1.54, 1.807) is 14.2 Å². The summed E-state index contributed by atoms with van der Waals surface area (Å²) in [5.41, 5.74) is 3.56. The van der Waals surface area contributed by atoms with Crippen LogP contribution in [0, 0.1) is 0 Å². The van der Waals surface area contributed by atoms with Crippen LogP contribution >= 0.6 is 15.9 Å². The molecule has 1 aliphatic heterocycles. The van der Waals surface area contributed by atoms with E-state index in [0.717, 1.165) is 21.1 Å². The number of carbonyl (C=O) groups is 1. The fourth-order valence-electron chi connectivity index (χ4n) is 3.71. The number of nitrogens with zero attached hydrogens (tertiary/aromatic N) is 2. The van der Waals surface area contributed by atoms with Crippen LogP contribution in [0.25, 0.3) is 11.0 Å². The molecule has 7 nitrogen and oxygen atoms in total. The van der Waals surface area contributed by atoms with Crippen molar-refractivity contribution < 1.29 is 19.0 Å². The van der Waals surface area contributed by atoms with Gasteiger partial charge in [0.25, 0.3) is 0 Å². The Hall–Kier alpha value is -2.84. The van der Waals surface area contributed by atoms with E-state index in [0.29, 0.717) is 23.0 Å². The molecule has 0 bridgehead atoms. The van der Waals surface area contributed by atoms with Crippen molar-refractivity contribution in [1.82, 2.24) is 9.55 Å². The van der Waals surface area contributed by atoms with E-state index >= 15 is 0 Å². The quantitative estimate of drug-likeness (QED) is 0.585. The average molecular weight is 458 g/mol. The first-order valence-corrected chi connectivity index (χ1v) is 9.76. The SMILES string of the molecule is COCC1=C(C(=O)OC)[C@@H](c2cc(Br)ccc2OC)n2c(nc3ccccc32)N1. The van der Waals surface area contributed by atoms with Crippen LogP contribution in [-0.4, -0.2) is 43.5 Å². The Morgan fingerprint density at radius 1 is 1.21 bits per heavy atom. The van der Waals surface area contributed by atoms with Gasteiger partial charge in [-0.3, -0.25) is 4.57 Å². The molecule has 29 heavy (non-hydrogen) atoms. The first-order valence-electron chi connectivity index (χ1n) is 8.96. The lowest BCUT2D eigenvalue weighted by molar-refractivity contribution is -0.136. The number of esters is 1. The van der Waals surface area contributed by atoms with Gasteiger partial charge in [0.15, 0.2) is 0 Å². The molecule has 8 heteroatoms. The van der Waals surface area contributed by atoms with Gasteiger partial charge in [-0.1, -0.05) is 28.1 Å². The molecular weight excluding hydrogens is 438 g/mol. The van der Waals surface area contributed by atoms with Crippen molar-refractivity contribution in [1.29, 1.82) is 0 Å². The summed E-state index contributed by atoms with van der Waals surface area (Å²) in [7, 11) is 4.56. The highest BCUT2D eigenvalue weighted by Crippen LogP contribution is 2.43. The van der Waals surface area contributed by atoms with Crippen molar-refractivity contribution in [3.8, 4) is 5.75 Å². The van der Waals surface area contributed by atoms with Gasteiger partial charge >= 0.3 is 5.97 Å². The largest absolute Gasteiger partial charge is 0.496 e. The smallest absolute Gasteiger partial charge is 0.338 e. The van der Waals surface area contributed by atoms with E-state index in [9.17, 15) is 4.79 Å². The zero-order chi connectivity index (χ0) is 20.5. The highest BCUT2D eigenvalue weighted by molar-refractivity contribution is 9.10. The number of hydrogen-bond acceptors (Lipinski definition) is 6. The van der Waals surface area contributed by atoms with Gasteiger partial charge in [0.2, 0.25) is 5.95 Å². The van der Waals surface area contributed by atoms with Crippen LogP contribution in [0.2, 0.25) is 0 Å². The third-order valence-electron chi connectivity index (χ3n) is 4.90. The van der Waals surface area contributed by atoms with Gasteiger partial charge in [0.05, 0.1) is 49.2 Å². The molecule has 0 aliphatic carbocycles. The Morgan fingerprint density at radius 3 is 2.72 bits per heavy atom. The Labute approximate surface area is 176 Å². The highest BCUT2D eigenvalue weighted by Gasteiger charge is 2.37. The minimum absolute atomic E-state index is 0.209. The van der Waals surface area contributed by atoms with Crippen molar-refractivity contribution in [2.75, 3.05) is 33.3 Å². The van der Waals surface area contributed by atoms with Crippen LogP contribution in [0.5, 0.6) is 5.75 Å². The molecule has 0 unspecified atom stereocenters. The van der Waals surface area contributed by atoms with Gasteiger partial charge in [-0.2, -0.15) is 0 Å². The number of halogens is 1. The number of rotatable bonds is 5. The summed E-state index contributed by atoms with van der Waals surface area (Å²) in [5.74, 6) is 0.833. The Morgan fingerprint density at radius 2 is 2.00 bits per heavy atom. The summed E-state index contributed by atoms with van der Waals surface area (Å²) >= 11 is 3.54. The van der Waals surface area contributed by atoms with Crippen LogP contribution in [0.15, 0.2) is 58.2 Å². The molecule has 1 N–H and O–H groups in total. The first kappa shape index (κ1) is 19.5. The lowest BCUT2D eigenvalue weighted by atomic mass is 9.94. The molecule has 150 valence electrons. The molecule has 0 radical (unpaired) electrons. The number of benzene rings is 2. The number of imidazole rings is 1. The normalized spacial score (nSPS) is 15.8. The van der Waals surface area contributed by atoms with E-state index in [2.05, 4.69) is 21.2 Å². The van der Waals surface area contributed by atoms with Crippen LogP contribution < -0.4 is 10.1 Å². The monoisotopic (exact) mass is 457 g/mol. The van der Waals surface area contributed by atoms with Gasteiger partial charge in [0.1, 0.15) is 5.75 Å². The highest BCUT2D eigenvalue weighted by atomic mass is 79.9. The molecule has 0 saturated heterocycles. The first-order chi connectivity index (χ1) is 14.1. The standard InChI is InChI=1S/C21H20BrN3O4/c1-27-11-15-18(20(26)29-3)19(13-10-12(22)8-9-17(13)28-2)25-16-7-5-4-6-14(16)23-21(25)24-15/h4-10,19H,11H2,1-3H3,(H,23,24)/t19-/m1/s1. The number of hydrogen-bond donors (Lipinski definition) is 1. The van der Waals surface area contributed by atoms with Gasteiger partial charge in [-0.05, 0) is 30.3 Å². The van der Waals surface area contributed by atoms with Crippen molar-refractivity contribution in [3.05, 3.63) is 63.8 Å². The van der Waals surface area contributed by atoms with E-state index in [1.165, 1.54) is 7.11 Å². The van der Waals surface area contributed by atoms with Crippen molar-refractivity contribution in [2.45, 2.75) is 6.04 Å². The molecule has 0 spiro atoms. The van der Waals surface area contributed by atoms with Gasteiger partial charge in [-0.15, -0.1) is 0 Å². The summed E-state index contributed by atoms with van der Waals surface area (Å²) in [6.07, 6.45) is 0. The molecular formula is C21H20BrN3O4. The lowest BCUT2D eigenvalue weighted by Gasteiger charge is -2.31. The number of fused-ring (bicyclic) bond motifs is 3. The van der Waals surface area contributed by atoms with Crippen LogP contribution in [0.4, 0.5) is 5.95 Å². The molecule has 2 heterocycles. The van der Waals surface area contributed by atoms with Crippen LogP contribution in [-0.2, 0) is 14.3 Å². The Balaban J connectivity index is 2.07. The topological polar surface area (TPSA) is 74.6 Å². The minimum atomic E-state index is -0.510. The van der Waals surface area contributed by atoms with Crippen molar-refractivity contribution in [3.63, 3.8) is 0 Å². The zero-order valence-electron chi connectivity index (χ0n) is 16.2. The lowest BCUT2D eigenvalue weighted by Crippen LogP contribution is -2.31. The number of nitrogens with one attached hydrogen (secondary N) is 1. The minimum Gasteiger partial charge on any atom is -0.496 e. The predicted molar refractivity (Wildman–Crippen MR) is 113 cm³/mol. The van der Waals surface area contributed by atoms with E-state index < -0.39 is 12.0 Å². The fourth-order valence-corrected chi connectivity index (χ4v) is 4.09. The number of anilines is 1. The van der Waals surface area contributed by atoms with Gasteiger partial charge < -0.3 is 19.5 Å². The van der Waals surface area contributed by atoms with Gasteiger partial charge in [-0.25, -0.2) is 9.78 Å². The number of aromatic nitrogens is 2. The van der Waals surface area contributed by atoms with Crippen LogP contribution in [0.1, 0.15) is 11.6 Å². The Bertz CT molecular complexity index is 1120. The second-order valence-electron chi connectivity index (χ2n) is 6.52. The number of carbonyl (C=O) groups excluding carboxylic acids is 1. The summed E-state index contributed by atoms with van der Waals surface area (Å²) in [6, 6.07) is 13.0. The molecule has 1 atom stereocenters. The molecule has 2 aromatic carbocycles. The van der Waals surface area contributed by atoms with Gasteiger partial charge in [0, 0.05) is 17.1 Å². The van der Waals surface area contributed by atoms with Crippen molar-refractivity contribution >= 4 is 38.9 Å². The maximum Gasteiger partial charge on any atom is 0.338 e. The molecule has 0 amide bonds. The fraction of sp³-hybridized carbons (Fsp3) is 0.238. The van der Waals surface area contributed by atoms with Crippen molar-refractivity contribution in [2.24, 2.45) is 0 Å². The summed E-state index contributed by atoms with van der Waals surface area (Å²) < 4.78 is 19.0. The maximum atomic E-state index is 12.9. The Kier molecular flexibility index (Phi) is 5.29. The summed E-state index contributed by atoms with van der Waals surface area (Å²) in [5, 5.41) is 3.26. The second kappa shape index (κ2) is 7.88. The molecule has 4 rings (SSSR count). The molecule has 1 aliphatic rings. The zero-order valence-corrected chi connectivity index (χ0v) is 17.8. The molecule has 0 fully saturated rings. The number of para-hydroxylation sites is 2. The molecule has 3 aromatic rings. The molecule has 1 aromatic heterocycles. The summed E-state index contributed by atoms with van der Waals surface area (Å²) in [6.45, 7) is 0.209. The molecule has 0 saturated carbocycles. The average Bonchev–Trinajstić information content (AvgIpc) is 3.10. The third kappa shape index (κ3) is 3.28. The van der Waals surface area contributed by atoms with Crippen LogP contribution in [0.3, 0.4) is 0 Å². The summed E-state index contributed by atoms with van der Waals surface area (Å²) in [4.78, 5) is 17.6. The predicted octanol–water partition coefficient (Wildman–Crippen LogP) is 3.90. The van der Waals surface area contributed by atoms with E-state index in [4.69, 9.17) is 19.2 Å². The second-order valence-corrected chi connectivity index (χ2v) is 7.44. The number of methoxy groups -OCH3 is 3. The third-order valence-corrected chi connectivity index (χ3v) is 5.39. The van der Waals surface area contributed by atoms with E-state index in [-0.39, 0.29) is 6.61 Å². The maximum absolute atomic E-state index is 12.9. The van der Waals surface area contributed by atoms with E-state index in [1.807, 2.05) is 47.0 Å². The number of ether oxygens (including phenoxy) is 3.